The van der Waals surface area contributed by atoms with Gasteiger partial charge in [0.05, 0.1) is 0 Å². The van der Waals surface area contributed by atoms with E-state index in [1.165, 1.54) is 31.2 Å². The van der Waals surface area contributed by atoms with E-state index >= 15 is 0 Å². The van der Waals surface area contributed by atoms with Gasteiger partial charge in [-0.3, -0.25) is 0 Å². The highest BCUT2D eigenvalue weighted by Crippen LogP contribution is 2.17. The average molecular weight is 197 g/mol. The lowest BCUT2D eigenvalue weighted by atomic mass is 10.1. The third kappa shape index (κ3) is 3.82. The van der Waals surface area contributed by atoms with Crippen LogP contribution in [0.25, 0.3) is 0 Å². The van der Waals surface area contributed by atoms with Gasteiger partial charge >= 0.3 is 0 Å². The number of rotatable bonds is 5. The van der Waals surface area contributed by atoms with E-state index in [0.29, 0.717) is 0 Å². The fraction of sp³-hybridized carbons (Fsp3) is 0.500. The van der Waals surface area contributed by atoms with E-state index in [2.05, 4.69) is 19.1 Å². The van der Waals surface area contributed by atoms with Crippen molar-refractivity contribution in [3.05, 3.63) is 34.9 Å². The Morgan fingerprint density at radius 1 is 1.08 bits per heavy atom. The van der Waals surface area contributed by atoms with Crippen molar-refractivity contribution in [3.8, 4) is 0 Å². The predicted octanol–water partition coefficient (Wildman–Crippen LogP) is 4.46. The van der Waals surface area contributed by atoms with Crippen molar-refractivity contribution in [2.45, 2.75) is 39.0 Å². The summed E-state index contributed by atoms with van der Waals surface area (Å²) in [6.07, 6.45) is 6.34. The van der Waals surface area contributed by atoms with Crippen molar-refractivity contribution in [2.24, 2.45) is 0 Å². The molecule has 0 aliphatic carbocycles. The molecule has 0 aliphatic rings. The summed E-state index contributed by atoms with van der Waals surface area (Å²) in [7, 11) is 0. The van der Waals surface area contributed by atoms with Gasteiger partial charge in [-0.2, -0.15) is 0 Å². The molecule has 0 N–H and O–H groups in total. The lowest BCUT2D eigenvalue weighted by molar-refractivity contribution is 0.667. The van der Waals surface area contributed by atoms with Crippen LogP contribution in [-0.2, 0) is 6.42 Å². The average Bonchev–Trinajstić information content (AvgIpc) is 2.15. The first-order chi connectivity index (χ1) is 6.34. The molecule has 0 fully saturated rings. The maximum absolute atomic E-state index is 6.04. The second-order valence-electron chi connectivity index (χ2n) is 3.40. The molecule has 1 rings (SSSR count). The second kappa shape index (κ2) is 6.04. The van der Waals surface area contributed by atoms with Crippen molar-refractivity contribution in [2.75, 3.05) is 0 Å². The van der Waals surface area contributed by atoms with Crippen LogP contribution in [0.4, 0.5) is 0 Å². The largest absolute Gasteiger partial charge is 0.0840 e. The molecule has 0 saturated carbocycles. The summed E-state index contributed by atoms with van der Waals surface area (Å²) < 4.78 is 0. The van der Waals surface area contributed by atoms with E-state index in [1.54, 1.807) is 0 Å². The molecule has 0 heterocycles. The summed E-state index contributed by atoms with van der Waals surface area (Å²) in [6.45, 7) is 2.23. The summed E-state index contributed by atoms with van der Waals surface area (Å²) in [6, 6.07) is 8.13. The van der Waals surface area contributed by atoms with E-state index in [9.17, 15) is 0 Å². The molecular formula is C12H17Cl. The van der Waals surface area contributed by atoms with Crippen molar-refractivity contribution < 1.29 is 0 Å². The van der Waals surface area contributed by atoms with Crippen molar-refractivity contribution >= 4 is 11.6 Å². The summed E-state index contributed by atoms with van der Waals surface area (Å²) >= 11 is 6.04. The number of benzene rings is 1. The lowest BCUT2D eigenvalue weighted by Crippen LogP contribution is -1.86. The molecule has 0 saturated heterocycles. The number of hydrogen-bond donors (Lipinski definition) is 0. The zero-order valence-electron chi connectivity index (χ0n) is 8.22. The van der Waals surface area contributed by atoms with E-state index in [0.717, 1.165) is 11.4 Å². The molecule has 0 atom stereocenters. The fourth-order valence-corrected chi connectivity index (χ4v) is 1.67. The van der Waals surface area contributed by atoms with Gasteiger partial charge in [0.25, 0.3) is 0 Å². The molecule has 13 heavy (non-hydrogen) atoms. The first-order valence-corrected chi connectivity index (χ1v) is 5.45. The van der Waals surface area contributed by atoms with Gasteiger partial charge in [-0.25, -0.2) is 0 Å². The summed E-state index contributed by atoms with van der Waals surface area (Å²) in [5.74, 6) is 0. The Morgan fingerprint density at radius 2 is 1.85 bits per heavy atom. The molecule has 0 aliphatic heterocycles. The molecule has 0 spiro atoms. The minimum absolute atomic E-state index is 0.916. The lowest BCUT2D eigenvalue weighted by Gasteiger charge is -2.02. The van der Waals surface area contributed by atoms with Crippen LogP contribution in [0.15, 0.2) is 24.3 Å². The standard InChI is InChI=1S/C12H17Cl/c1-2-3-4-5-8-11-9-6-7-10-12(11)13/h6-7,9-10H,2-5,8H2,1H3. The molecule has 0 aromatic heterocycles. The molecule has 0 nitrogen and oxygen atoms in total. The Balaban J connectivity index is 2.32. The predicted molar refractivity (Wildman–Crippen MR) is 59.3 cm³/mol. The molecule has 0 unspecified atom stereocenters. The molecule has 0 radical (unpaired) electrons. The molecule has 0 amide bonds. The van der Waals surface area contributed by atoms with Crippen molar-refractivity contribution in [1.29, 1.82) is 0 Å². The second-order valence-corrected chi connectivity index (χ2v) is 3.81. The van der Waals surface area contributed by atoms with Crippen LogP contribution in [0.5, 0.6) is 0 Å². The summed E-state index contributed by atoms with van der Waals surface area (Å²) in [5.41, 5.74) is 1.29. The van der Waals surface area contributed by atoms with Gasteiger partial charge in [0, 0.05) is 5.02 Å². The smallest absolute Gasteiger partial charge is 0.0437 e. The number of halogens is 1. The quantitative estimate of drug-likeness (QED) is 0.610. The Labute approximate surface area is 85.9 Å². The van der Waals surface area contributed by atoms with Gasteiger partial charge < -0.3 is 0 Å². The van der Waals surface area contributed by atoms with Gasteiger partial charge in [-0.1, -0.05) is 56.0 Å². The van der Waals surface area contributed by atoms with Crippen LogP contribution in [0.2, 0.25) is 5.02 Å². The highest BCUT2D eigenvalue weighted by atomic mass is 35.5. The third-order valence-corrected chi connectivity index (χ3v) is 2.63. The molecule has 1 heteroatoms. The Morgan fingerprint density at radius 3 is 2.54 bits per heavy atom. The minimum Gasteiger partial charge on any atom is -0.0840 e. The molecule has 1 aromatic carbocycles. The van der Waals surface area contributed by atoms with Crippen molar-refractivity contribution in [1.82, 2.24) is 0 Å². The Bertz CT molecular complexity index is 243. The van der Waals surface area contributed by atoms with Crippen LogP contribution in [0.3, 0.4) is 0 Å². The Hall–Kier alpha value is -0.490. The molecule has 0 bridgehead atoms. The molecule has 1 aromatic rings. The van der Waals surface area contributed by atoms with Gasteiger partial charge in [0.15, 0.2) is 0 Å². The van der Waals surface area contributed by atoms with Gasteiger partial charge in [0.2, 0.25) is 0 Å². The van der Waals surface area contributed by atoms with E-state index < -0.39 is 0 Å². The zero-order chi connectivity index (χ0) is 9.52. The van der Waals surface area contributed by atoms with Gasteiger partial charge in [0.1, 0.15) is 0 Å². The number of hydrogen-bond acceptors (Lipinski definition) is 0. The fourth-order valence-electron chi connectivity index (χ4n) is 1.44. The zero-order valence-corrected chi connectivity index (χ0v) is 8.98. The van der Waals surface area contributed by atoms with Crippen LogP contribution >= 0.6 is 11.6 Å². The van der Waals surface area contributed by atoms with Gasteiger partial charge in [-0.15, -0.1) is 0 Å². The maximum Gasteiger partial charge on any atom is 0.0437 e. The molecular weight excluding hydrogens is 180 g/mol. The SMILES string of the molecule is CCCCCCc1ccccc1Cl. The monoisotopic (exact) mass is 196 g/mol. The normalized spacial score (nSPS) is 10.3. The van der Waals surface area contributed by atoms with Crippen molar-refractivity contribution in [3.63, 3.8) is 0 Å². The molecule has 72 valence electrons. The van der Waals surface area contributed by atoms with Crippen LogP contribution in [0.1, 0.15) is 38.2 Å². The summed E-state index contributed by atoms with van der Waals surface area (Å²) in [5, 5.41) is 0.916. The Kier molecular flexibility index (Phi) is 4.92. The maximum atomic E-state index is 6.04. The number of unbranched alkanes of at least 4 members (excludes halogenated alkanes) is 3. The minimum atomic E-state index is 0.916. The van der Waals surface area contributed by atoms with E-state index in [4.69, 9.17) is 11.6 Å². The topological polar surface area (TPSA) is 0 Å². The van der Waals surface area contributed by atoms with E-state index in [1.807, 2.05) is 12.1 Å². The van der Waals surface area contributed by atoms with Crippen LogP contribution < -0.4 is 0 Å². The summed E-state index contributed by atoms with van der Waals surface area (Å²) in [4.78, 5) is 0. The highest BCUT2D eigenvalue weighted by Gasteiger charge is 1.97. The van der Waals surface area contributed by atoms with Crippen LogP contribution in [-0.4, -0.2) is 0 Å². The van der Waals surface area contributed by atoms with E-state index in [-0.39, 0.29) is 0 Å². The third-order valence-electron chi connectivity index (χ3n) is 2.26. The number of aryl methyl sites for hydroxylation is 1. The van der Waals surface area contributed by atoms with Crippen LogP contribution in [0, 0.1) is 0 Å². The highest BCUT2D eigenvalue weighted by molar-refractivity contribution is 6.31. The first kappa shape index (κ1) is 10.6. The first-order valence-electron chi connectivity index (χ1n) is 5.08. The van der Waals surface area contributed by atoms with Gasteiger partial charge in [-0.05, 0) is 24.5 Å².